The van der Waals surface area contributed by atoms with Crippen molar-refractivity contribution < 1.29 is 0 Å². The van der Waals surface area contributed by atoms with Gasteiger partial charge in [0, 0.05) is 16.9 Å². The van der Waals surface area contributed by atoms with Crippen LogP contribution in [0.2, 0.25) is 0 Å². The summed E-state index contributed by atoms with van der Waals surface area (Å²) in [5.74, 6) is 1.07. The molecule has 0 N–H and O–H groups in total. The van der Waals surface area contributed by atoms with Gasteiger partial charge in [-0.05, 0) is 46.2 Å². The SMILES string of the molecule is N#CC1(c2ccncc2Br)CCCS1. The Kier molecular flexibility index (Phi) is 2.80. The van der Waals surface area contributed by atoms with E-state index in [4.69, 9.17) is 0 Å². The molecule has 2 heterocycles. The summed E-state index contributed by atoms with van der Waals surface area (Å²) >= 11 is 5.19. The summed E-state index contributed by atoms with van der Waals surface area (Å²) in [7, 11) is 0. The summed E-state index contributed by atoms with van der Waals surface area (Å²) in [6, 6.07) is 4.38. The van der Waals surface area contributed by atoms with Crippen molar-refractivity contribution in [3.63, 3.8) is 0 Å². The van der Waals surface area contributed by atoms with Crippen molar-refractivity contribution in [3.8, 4) is 6.07 Å². The molecule has 1 aliphatic heterocycles. The van der Waals surface area contributed by atoms with Crippen LogP contribution in [0.5, 0.6) is 0 Å². The molecule has 0 aromatic carbocycles. The lowest BCUT2D eigenvalue weighted by molar-refractivity contribution is 0.715. The summed E-state index contributed by atoms with van der Waals surface area (Å²) in [4.78, 5) is 4.02. The van der Waals surface area contributed by atoms with Gasteiger partial charge in [0.1, 0.15) is 4.75 Å². The molecule has 0 amide bonds. The maximum atomic E-state index is 9.28. The van der Waals surface area contributed by atoms with Crippen molar-refractivity contribution >= 4 is 27.7 Å². The van der Waals surface area contributed by atoms with Crippen LogP contribution < -0.4 is 0 Å². The van der Waals surface area contributed by atoms with E-state index in [0.717, 1.165) is 28.6 Å². The molecule has 0 spiro atoms. The molecule has 1 unspecified atom stereocenters. The standard InChI is InChI=1S/C10H9BrN2S/c11-9-6-13-4-2-8(9)10(7-12)3-1-5-14-10/h2,4,6H,1,3,5H2. The molecule has 72 valence electrons. The molecular weight excluding hydrogens is 260 g/mol. The maximum absolute atomic E-state index is 9.28. The van der Waals surface area contributed by atoms with E-state index < -0.39 is 0 Å². The Morgan fingerprint density at radius 1 is 1.64 bits per heavy atom. The topological polar surface area (TPSA) is 36.7 Å². The van der Waals surface area contributed by atoms with E-state index in [1.165, 1.54) is 0 Å². The van der Waals surface area contributed by atoms with Gasteiger partial charge in [0.05, 0.1) is 6.07 Å². The van der Waals surface area contributed by atoms with Gasteiger partial charge in [-0.2, -0.15) is 5.26 Å². The first-order chi connectivity index (χ1) is 6.78. The number of hydrogen-bond acceptors (Lipinski definition) is 3. The van der Waals surface area contributed by atoms with Crippen LogP contribution in [0.15, 0.2) is 22.9 Å². The number of rotatable bonds is 1. The fraction of sp³-hybridized carbons (Fsp3) is 0.400. The highest BCUT2D eigenvalue weighted by Gasteiger charge is 2.38. The molecule has 14 heavy (non-hydrogen) atoms. The van der Waals surface area contributed by atoms with Crippen molar-refractivity contribution in [2.24, 2.45) is 0 Å². The van der Waals surface area contributed by atoms with Crippen molar-refractivity contribution in [2.75, 3.05) is 5.75 Å². The van der Waals surface area contributed by atoms with Crippen LogP contribution in [0.1, 0.15) is 18.4 Å². The number of pyridine rings is 1. The van der Waals surface area contributed by atoms with E-state index in [9.17, 15) is 5.26 Å². The Morgan fingerprint density at radius 3 is 3.07 bits per heavy atom. The number of nitriles is 1. The molecule has 1 aliphatic rings. The highest BCUT2D eigenvalue weighted by molar-refractivity contribution is 9.10. The van der Waals surface area contributed by atoms with Crippen LogP contribution in [0.25, 0.3) is 0 Å². The third kappa shape index (κ3) is 1.55. The molecule has 1 aromatic heterocycles. The summed E-state index contributed by atoms with van der Waals surface area (Å²) < 4.78 is 0.595. The second kappa shape index (κ2) is 3.92. The van der Waals surface area contributed by atoms with Gasteiger partial charge >= 0.3 is 0 Å². The first-order valence-electron chi connectivity index (χ1n) is 4.44. The quantitative estimate of drug-likeness (QED) is 0.786. The molecule has 2 nitrogen and oxygen atoms in total. The zero-order valence-corrected chi connectivity index (χ0v) is 9.94. The number of nitrogens with zero attached hydrogens (tertiary/aromatic N) is 2. The summed E-state index contributed by atoms with van der Waals surface area (Å²) in [5, 5.41) is 9.28. The van der Waals surface area contributed by atoms with E-state index in [1.807, 2.05) is 6.07 Å². The van der Waals surface area contributed by atoms with Crippen molar-refractivity contribution in [1.82, 2.24) is 4.98 Å². The Bertz CT molecular complexity index is 380. The lowest BCUT2D eigenvalue weighted by Crippen LogP contribution is -2.16. The zero-order chi connectivity index (χ0) is 10.0. The zero-order valence-electron chi connectivity index (χ0n) is 7.53. The number of hydrogen-bond donors (Lipinski definition) is 0. The van der Waals surface area contributed by atoms with Crippen molar-refractivity contribution in [3.05, 3.63) is 28.5 Å². The van der Waals surface area contributed by atoms with Gasteiger partial charge in [-0.3, -0.25) is 4.98 Å². The molecule has 0 bridgehead atoms. The maximum Gasteiger partial charge on any atom is 0.129 e. The minimum Gasteiger partial charge on any atom is -0.264 e. The van der Waals surface area contributed by atoms with Crippen LogP contribution in [0.4, 0.5) is 0 Å². The van der Waals surface area contributed by atoms with Gasteiger partial charge in [0.25, 0.3) is 0 Å². The van der Waals surface area contributed by atoms with Gasteiger partial charge in [-0.25, -0.2) is 0 Å². The van der Waals surface area contributed by atoms with E-state index in [1.54, 1.807) is 24.2 Å². The molecule has 4 heteroatoms. The molecular formula is C10H9BrN2S. The second-order valence-electron chi connectivity index (χ2n) is 3.25. The minimum absolute atomic E-state index is 0.345. The monoisotopic (exact) mass is 268 g/mol. The Morgan fingerprint density at radius 2 is 2.50 bits per heavy atom. The predicted molar refractivity (Wildman–Crippen MR) is 60.9 cm³/mol. The minimum atomic E-state index is -0.345. The fourth-order valence-electron chi connectivity index (χ4n) is 1.70. The Labute approximate surface area is 95.9 Å². The van der Waals surface area contributed by atoms with Crippen LogP contribution in [0, 0.1) is 11.3 Å². The lowest BCUT2D eigenvalue weighted by atomic mass is 9.96. The van der Waals surface area contributed by atoms with E-state index in [-0.39, 0.29) is 4.75 Å². The highest BCUT2D eigenvalue weighted by atomic mass is 79.9. The number of aromatic nitrogens is 1. The third-order valence-electron chi connectivity index (χ3n) is 2.41. The molecule has 0 radical (unpaired) electrons. The van der Waals surface area contributed by atoms with Gasteiger partial charge in [-0.15, -0.1) is 11.8 Å². The summed E-state index contributed by atoms with van der Waals surface area (Å²) in [6.45, 7) is 0. The molecule has 0 aliphatic carbocycles. The van der Waals surface area contributed by atoms with Crippen LogP contribution in [0.3, 0.4) is 0 Å². The molecule has 1 atom stereocenters. The van der Waals surface area contributed by atoms with Gasteiger partial charge < -0.3 is 0 Å². The van der Waals surface area contributed by atoms with Gasteiger partial charge in [0.15, 0.2) is 0 Å². The summed E-state index contributed by atoms with van der Waals surface area (Å²) in [6.07, 6.45) is 5.56. The fourth-order valence-corrected chi connectivity index (χ4v) is 3.75. The number of halogens is 1. The third-order valence-corrected chi connectivity index (χ3v) is 4.54. The lowest BCUT2D eigenvalue weighted by Gasteiger charge is -2.20. The molecule has 1 fully saturated rings. The second-order valence-corrected chi connectivity index (χ2v) is 5.49. The highest BCUT2D eigenvalue weighted by Crippen LogP contribution is 2.47. The smallest absolute Gasteiger partial charge is 0.129 e. The van der Waals surface area contributed by atoms with Gasteiger partial charge in [0.2, 0.25) is 0 Å². The first-order valence-corrected chi connectivity index (χ1v) is 6.21. The van der Waals surface area contributed by atoms with Crippen LogP contribution in [-0.4, -0.2) is 10.7 Å². The van der Waals surface area contributed by atoms with Crippen molar-refractivity contribution in [1.29, 1.82) is 5.26 Å². The van der Waals surface area contributed by atoms with E-state index >= 15 is 0 Å². The Hall–Kier alpha value is -0.530. The average Bonchev–Trinajstić information content (AvgIpc) is 2.68. The van der Waals surface area contributed by atoms with Crippen LogP contribution in [-0.2, 0) is 4.75 Å². The average molecular weight is 269 g/mol. The molecule has 1 saturated heterocycles. The molecule has 1 aromatic rings. The van der Waals surface area contributed by atoms with E-state index in [0.29, 0.717) is 0 Å². The van der Waals surface area contributed by atoms with Crippen LogP contribution >= 0.6 is 27.7 Å². The normalized spacial score (nSPS) is 26.0. The first kappa shape index (κ1) is 10.0. The molecule has 0 saturated carbocycles. The van der Waals surface area contributed by atoms with Gasteiger partial charge in [-0.1, -0.05) is 0 Å². The predicted octanol–water partition coefficient (Wildman–Crippen LogP) is 3.09. The largest absolute Gasteiger partial charge is 0.264 e. The Balaban J connectivity index is 2.47. The summed E-state index contributed by atoms with van der Waals surface area (Å²) in [5.41, 5.74) is 1.07. The molecule has 2 rings (SSSR count). The number of thioether (sulfide) groups is 1. The van der Waals surface area contributed by atoms with Crippen molar-refractivity contribution in [2.45, 2.75) is 17.6 Å². The van der Waals surface area contributed by atoms with E-state index in [2.05, 4.69) is 27.0 Å².